The van der Waals surface area contributed by atoms with E-state index in [0.717, 1.165) is 53.8 Å². The first-order valence-electron chi connectivity index (χ1n) is 14.2. The molecule has 6 rings (SSSR count). The van der Waals surface area contributed by atoms with Gasteiger partial charge in [0.25, 0.3) is 11.8 Å². The van der Waals surface area contributed by atoms with E-state index in [4.69, 9.17) is 11.6 Å². The number of rotatable bonds is 7. The van der Waals surface area contributed by atoms with Crippen molar-refractivity contribution in [3.8, 4) is 0 Å². The van der Waals surface area contributed by atoms with Gasteiger partial charge in [0.15, 0.2) is 0 Å². The van der Waals surface area contributed by atoms with E-state index < -0.39 is 0 Å². The average molecular weight is 594 g/mol. The standard InChI is InChI=1S/C34H32ClN5O3/c1-21-2-12-30-23(18-21)19-32(39-30)34(43)38-26-9-13-31(29(35)20-26)36-24-5-7-25(8-6-24)37-33(42)22-3-10-27(11-4-22)40-16-14-28(41)15-17-40/h2-13,18-20,28,36,39,41H,14-17H2,1H3,(H,37,42)(H,38,43). The van der Waals surface area contributed by atoms with Gasteiger partial charge in [-0.05, 0) is 105 Å². The van der Waals surface area contributed by atoms with Crippen molar-refractivity contribution in [2.75, 3.05) is 33.9 Å². The van der Waals surface area contributed by atoms with Gasteiger partial charge in [-0.25, -0.2) is 0 Å². The van der Waals surface area contributed by atoms with Gasteiger partial charge >= 0.3 is 0 Å². The van der Waals surface area contributed by atoms with Gasteiger partial charge in [0.05, 0.1) is 16.8 Å². The smallest absolute Gasteiger partial charge is 0.272 e. The molecule has 0 aliphatic carbocycles. The van der Waals surface area contributed by atoms with E-state index in [1.807, 2.05) is 79.7 Å². The second-order valence-electron chi connectivity index (χ2n) is 10.8. The third kappa shape index (κ3) is 6.66. The highest BCUT2D eigenvalue weighted by Gasteiger charge is 2.18. The number of aryl methyl sites for hydroxylation is 1. The summed E-state index contributed by atoms with van der Waals surface area (Å²) in [7, 11) is 0. The van der Waals surface area contributed by atoms with E-state index in [9.17, 15) is 14.7 Å². The van der Waals surface area contributed by atoms with Crippen LogP contribution in [0.25, 0.3) is 10.9 Å². The number of hydrogen-bond acceptors (Lipinski definition) is 5. The Balaban J connectivity index is 1.04. The molecular weight excluding hydrogens is 562 g/mol. The van der Waals surface area contributed by atoms with Gasteiger partial charge in [0, 0.05) is 52.3 Å². The third-order valence-electron chi connectivity index (χ3n) is 7.63. The first-order chi connectivity index (χ1) is 20.8. The number of nitrogens with one attached hydrogen (secondary N) is 4. The van der Waals surface area contributed by atoms with E-state index in [-0.39, 0.29) is 17.9 Å². The number of anilines is 5. The van der Waals surface area contributed by atoms with Crippen LogP contribution in [0.1, 0.15) is 39.3 Å². The van der Waals surface area contributed by atoms with Crippen molar-refractivity contribution >= 4 is 62.8 Å². The van der Waals surface area contributed by atoms with Crippen molar-refractivity contribution in [3.05, 3.63) is 113 Å². The number of carbonyl (C=O) groups is 2. The maximum absolute atomic E-state index is 12.8. The van der Waals surface area contributed by atoms with Crippen molar-refractivity contribution in [1.82, 2.24) is 4.98 Å². The Morgan fingerprint density at radius 1 is 0.814 bits per heavy atom. The van der Waals surface area contributed by atoms with Crippen LogP contribution in [0.4, 0.5) is 28.4 Å². The Bertz CT molecular complexity index is 1770. The number of H-pyrrole nitrogens is 1. The normalized spacial score (nSPS) is 13.6. The Morgan fingerprint density at radius 2 is 1.49 bits per heavy atom. The molecule has 5 N–H and O–H groups in total. The number of aliphatic hydroxyl groups excluding tert-OH is 1. The highest BCUT2D eigenvalue weighted by molar-refractivity contribution is 6.33. The number of nitrogens with zero attached hydrogens (tertiary/aromatic N) is 1. The molecule has 9 heteroatoms. The maximum atomic E-state index is 12.8. The average Bonchev–Trinajstić information content (AvgIpc) is 3.43. The molecule has 0 saturated carbocycles. The number of amides is 2. The molecule has 2 amide bonds. The summed E-state index contributed by atoms with van der Waals surface area (Å²) in [6.07, 6.45) is 1.30. The number of aromatic amines is 1. The van der Waals surface area contributed by atoms with Gasteiger partial charge in [-0.3, -0.25) is 9.59 Å². The predicted molar refractivity (Wildman–Crippen MR) is 174 cm³/mol. The molecule has 0 atom stereocenters. The summed E-state index contributed by atoms with van der Waals surface area (Å²) in [5.74, 6) is -0.438. The zero-order valence-corrected chi connectivity index (χ0v) is 24.4. The molecular formula is C34H32ClN5O3. The van der Waals surface area contributed by atoms with Crippen LogP contribution in [-0.2, 0) is 0 Å². The fourth-order valence-electron chi connectivity index (χ4n) is 5.21. The lowest BCUT2D eigenvalue weighted by molar-refractivity contribution is 0.101. The van der Waals surface area contributed by atoms with Crippen molar-refractivity contribution in [2.24, 2.45) is 0 Å². The number of benzene rings is 4. The predicted octanol–water partition coefficient (Wildman–Crippen LogP) is 7.34. The summed E-state index contributed by atoms with van der Waals surface area (Å²) in [4.78, 5) is 31.0. The Labute approximate surface area is 254 Å². The maximum Gasteiger partial charge on any atom is 0.272 e. The highest BCUT2D eigenvalue weighted by atomic mass is 35.5. The van der Waals surface area contributed by atoms with Crippen molar-refractivity contribution in [3.63, 3.8) is 0 Å². The van der Waals surface area contributed by atoms with E-state index >= 15 is 0 Å². The third-order valence-corrected chi connectivity index (χ3v) is 7.94. The number of piperidine rings is 1. The summed E-state index contributed by atoms with van der Waals surface area (Å²) in [6.45, 7) is 3.64. The van der Waals surface area contributed by atoms with Gasteiger partial charge in [0.1, 0.15) is 5.69 Å². The van der Waals surface area contributed by atoms with E-state index in [1.54, 1.807) is 18.2 Å². The monoisotopic (exact) mass is 593 g/mol. The number of aromatic nitrogens is 1. The van der Waals surface area contributed by atoms with Crippen LogP contribution in [0.3, 0.4) is 0 Å². The topological polar surface area (TPSA) is 109 Å². The minimum absolute atomic E-state index is 0.190. The summed E-state index contributed by atoms with van der Waals surface area (Å²) in [5, 5.41) is 20.3. The molecule has 43 heavy (non-hydrogen) atoms. The van der Waals surface area contributed by atoms with Crippen molar-refractivity contribution < 1.29 is 14.7 Å². The summed E-state index contributed by atoms with van der Waals surface area (Å²) in [6, 6.07) is 28.0. The van der Waals surface area contributed by atoms with Crippen LogP contribution in [0.15, 0.2) is 91.0 Å². The van der Waals surface area contributed by atoms with E-state index in [0.29, 0.717) is 33.3 Å². The molecule has 8 nitrogen and oxygen atoms in total. The number of halogens is 1. The van der Waals surface area contributed by atoms with Gasteiger partial charge in [-0.2, -0.15) is 0 Å². The van der Waals surface area contributed by atoms with Crippen LogP contribution in [0.5, 0.6) is 0 Å². The quantitative estimate of drug-likeness (QED) is 0.136. The molecule has 1 aliphatic rings. The zero-order chi connectivity index (χ0) is 29.9. The van der Waals surface area contributed by atoms with E-state index in [1.165, 1.54) is 0 Å². The molecule has 2 heterocycles. The van der Waals surface area contributed by atoms with Crippen LogP contribution in [-0.4, -0.2) is 41.1 Å². The molecule has 1 aromatic heterocycles. The molecule has 218 valence electrons. The molecule has 5 aromatic rings. The zero-order valence-electron chi connectivity index (χ0n) is 23.7. The van der Waals surface area contributed by atoms with Gasteiger partial charge < -0.3 is 30.9 Å². The van der Waals surface area contributed by atoms with Crippen molar-refractivity contribution in [1.29, 1.82) is 0 Å². The second-order valence-corrected chi connectivity index (χ2v) is 11.3. The summed E-state index contributed by atoms with van der Waals surface area (Å²) in [5.41, 5.74) is 6.86. The summed E-state index contributed by atoms with van der Waals surface area (Å²) < 4.78 is 0. The fraction of sp³-hybridized carbons (Fsp3) is 0.176. The SMILES string of the molecule is Cc1ccc2[nH]c(C(=O)Nc3ccc(Nc4ccc(NC(=O)c5ccc(N6CCC(O)CC6)cc5)cc4)c(Cl)c3)cc2c1. The van der Waals surface area contributed by atoms with Crippen LogP contribution >= 0.6 is 11.6 Å². The number of aliphatic hydroxyl groups is 1. The molecule has 4 aromatic carbocycles. The molecule has 0 spiro atoms. The first kappa shape index (κ1) is 28.3. The van der Waals surface area contributed by atoms with Crippen LogP contribution in [0, 0.1) is 6.92 Å². The summed E-state index contributed by atoms with van der Waals surface area (Å²) >= 11 is 6.53. The molecule has 1 aliphatic heterocycles. The molecule has 0 bridgehead atoms. The number of fused-ring (bicyclic) bond motifs is 1. The minimum Gasteiger partial charge on any atom is -0.393 e. The Morgan fingerprint density at radius 3 is 2.21 bits per heavy atom. The lowest BCUT2D eigenvalue weighted by atomic mass is 10.1. The van der Waals surface area contributed by atoms with Gasteiger partial charge in [-0.1, -0.05) is 23.2 Å². The Kier molecular flexibility index (Phi) is 8.05. The minimum atomic E-state index is -0.248. The first-order valence-corrected chi connectivity index (χ1v) is 14.6. The molecule has 1 saturated heterocycles. The van der Waals surface area contributed by atoms with Crippen LogP contribution in [0.2, 0.25) is 5.02 Å². The highest BCUT2D eigenvalue weighted by Crippen LogP contribution is 2.30. The molecule has 0 radical (unpaired) electrons. The number of hydrogen-bond donors (Lipinski definition) is 5. The molecule has 1 fully saturated rings. The van der Waals surface area contributed by atoms with Gasteiger partial charge in [0.2, 0.25) is 0 Å². The van der Waals surface area contributed by atoms with Crippen molar-refractivity contribution in [2.45, 2.75) is 25.9 Å². The van der Waals surface area contributed by atoms with Crippen LogP contribution < -0.4 is 20.9 Å². The lowest BCUT2D eigenvalue weighted by Crippen LogP contribution is -2.35. The second kappa shape index (κ2) is 12.2. The number of carbonyl (C=O) groups excluding carboxylic acids is 2. The fourth-order valence-corrected chi connectivity index (χ4v) is 5.44. The lowest BCUT2D eigenvalue weighted by Gasteiger charge is -2.31. The van der Waals surface area contributed by atoms with Gasteiger partial charge in [-0.15, -0.1) is 0 Å². The van der Waals surface area contributed by atoms with E-state index in [2.05, 4.69) is 25.8 Å². The molecule has 0 unspecified atom stereocenters. The largest absolute Gasteiger partial charge is 0.393 e. The Hall–Kier alpha value is -4.79.